The van der Waals surface area contributed by atoms with Gasteiger partial charge in [0.1, 0.15) is 0 Å². The lowest BCUT2D eigenvalue weighted by molar-refractivity contribution is -0.384. The molecule has 0 spiro atoms. The Hall–Kier alpha value is -4.12. The number of hydrogen-bond acceptors (Lipinski definition) is 7. The van der Waals surface area contributed by atoms with Crippen LogP contribution in [0.1, 0.15) is 27.2 Å². The average Bonchev–Trinajstić information content (AvgIpc) is 3.13. The van der Waals surface area contributed by atoms with Gasteiger partial charge < -0.3 is 5.32 Å². The van der Waals surface area contributed by atoms with Crippen molar-refractivity contribution < 1.29 is 18.1 Å². The number of nitro groups is 1. The molecule has 0 bridgehead atoms. The van der Waals surface area contributed by atoms with Crippen LogP contribution in [0.2, 0.25) is 0 Å². The van der Waals surface area contributed by atoms with Crippen molar-refractivity contribution in [3.05, 3.63) is 87.4 Å². The molecule has 2 aromatic heterocycles. The number of carbonyl (C=O) groups is 1. The number of aromatic nitrogens is 3. The summed E-state index contributed by atoms with van der Waals surface area (Å²) in [5.74, 6) is -0.710. The summed E-state index contributed by atoms with van der Waals surface area (Å²) in [7, 11) is -4.22. The van der Waals surface area contributed by atoms with Crippen LogP contribution in [0.3, 0.4) is 0 Å². The zero-order chi connectivity index (χ0) is 23.9. The smallest absolute Gasteiger partial charge is 0.284 e. The van der Waals surface area contributed by atoms with E-state index in [2.05, 4.69) is 15.4 Å². The van der Waals surface area contributed by atoms with Crippen LogP contribution in [0.4, 0.5) is 11.4 Å². The van der Waals surface area contributed by atoms with Crippen LogP contribution in [0, 0.1) is 30.9 Å². The quantitative estimate of drug-likeness (QED) is 0.350. The van der Waals surface area contributed by atoms with E-state index < -0.39 is 20.9 Å². The Labute approximate surface area is 189 Å². The topological polar surface area (TPSA) is 137 Å². The maximum absolute atomic E-state index is 13.6. The molecule has 0 aliphatic carbocycles. The van der Waals surface area contributed by atoms with E-state index in [0.29, 0.717) is 16.8 Å². The fourth-order valence-corrected chi connectivity index (χ4v) is 5.54. The van der Waals surface area contributed by atoms with Crippen molar-refractivity contribution in [2.24, 2.45) is 0 Å². The lowest BCUT2D eigenvalue weighted by Gasteiger charge is -2.12. The largest absolute Gasteiger partial charge is 0.320 e. The predicted octanol–water partition coefficient (Wildman–Crippen LogP) is 3.75. The number of benzene rings is 2. The summed E-state index contributed by atoms with van der Waals surface area (Å²) in [5.41, 5.74) is 1.89. The summed E-state index contributed by atoms with van der Waals surface area (Å²) in [6.07, 6.45) is 2.95. The van der Waals surface area contributed by atoms with Crippen LogP contribution in [0.25, 0.3) is 10.9 Å². The van der Waals surface area contributed by atoms with E-state index in [-0.39, 0.29) is 27.2 Å². The van der Waals surface area contributed by atoms with E-state index in [9.17, 15) is 23.3 Å². The predicted molar refractivity (Wildman–Crippen MR) is 122 cm³/mol. The molecule has 33 heavy (non-hydrogen) atoms. The number of nitrogens with zero attached hydrogens (tertiary/aromatic N) is 4. The molecule has 0 aliphatic heterocycles. The van der Waals surface area contributed by atoms with E-state index in [4.69, 9.17) is 0 Å². The second-order valence-electron chi connectivity index (χ2n) is 7.57. The minimum atomic E-state index is -4.22. The highest BCUT2D eigenvalue weighted by Gasteiger charge is 2.29. The molecule has 1 N–H and O–H groups in total. The first-order chi connectivity index (χ1) is 15.6. The lowest BCUT2D eigenvalue weighted by Crippen LogP contribution is -2.19. The standard InChI is InChI=1S/C22H19N5O5S/c1-13-10-14(2)21(15(3)11-13)33(31,32)26-19-5-4-17(27(29)30)12-18(19)20(25-26)22(28)24-16-6-8-23-9-7-16/h4-12H,1-3H3,(H,23,24,28). The molecular formula is C22H19N5O5S. The summed E-state index contributed by atoms with van der Waals surface area (Å²) < 4.78 is 28.0. The zero-order valence-electron chi connectivity index (χ0n) is 17.9. The number of nitrogens with one attached hydrogen (secondary N) is 1. The molecule has 0 radical (unpaired) electrons. The molecule has 0 saturated heterocycles. The first kappa shape index (κ1) is 22.1. The molecule has 4 rings (SSSR count). The summed E-state index contributed by atoms with van der Waals surface area (Å²) in [5, 5.41) is 18.1. The van der Waals surface area contributed by atoms with Gasteiger partial charge in [0.15, 0.2) is 5.69 Å². The zero-order valence-corrected chi connectivity index (χ0v) is 18.8. The lowest BCUT2D eigenvalue weighted by atomic mass is 10.1. The van der Waals surface area contributed by atoms with E-state index >= 15 is 0 Å². The number of pyridine rings is 1. The minimum Gasteiger partial charge on any atom is -0.320 e. The van der Waals surface area contributed by atoms with Crippen molar-refractivity contribution in [1.82, 2.24) is 14.2 Å². The number of fused-ring (bicyclic) bond motifs is 1. The minimum absolute atomic E-state index is 0.0433. The van der Waals surface area contributed by atoms with Gasteiger partial charge in [-0.3, -0.25) is 19.9 Å². The highest BCUT2D eigenvalue weighted by molar-refractivity contribution is 7.90. The van der Waals surface area contributed by atoms with Crippen molar-refractivity contribution in [3.63, 3.8) is 0 Å². The monoisotopic (exact) mass is 465 g/mol. The highest BCUT2D eigenvalue weighted by atomic mass is 32.2. The number of anilines is 1. The number of amides is 1. The van der Waals surface area contributed by atoms with Gasteiger partial charge >= 0.3 is 0 Å². The maximum atomic E-state index is 13.6. The molecule has 11 heteroatoms. The first-order valence-electron chi connectivity index (χ1n) is 9.81. The fourth-order valence-electron chi connectivity index (χ4n) is 3.83. The van der Waals surface area contributed by atoms with Crippen LogP contribution in [0.15, 0.2) is 59.8 Å². The third-order valence-electron chi connectivity index (χ3n) is 5.09. The second kappa shape index (κ2) is 8.10. The molecule has 0 aliphatic rings. The van der Waals surface area contributed by atoms with Crippen molar-refractivity contribution >= 4 is 38.2 Å². The van der Waals surface area contributed by atoms with Crippen LogP contribution >= 0.6 is 0 Å². The van der Waals surface area contributed by atoms with Gasteiger partial charge in [0.2, 0.25) is 0 Å². The van der Waals surface area contributed by atoms with E-state index in [0.717, 1.165) is 15.7 Å². The van der Waals surface area contributed by atoms with Crippen molar-refractivity contribution in [1.29, 1.82) is 0 Å². The fraction of sp³-hybridized carbons (Fsp3) is 0.136. The van der Waals surface area contributed by atoms with Crippen molar-refractivity contribution in [2.45, 2.75) is 25.7 Å². The van der Waals surface area contributed by atoms with Crippen LogP contribution in [-0.4, -0.2) is 33.4 Å². The van der Waals surface area contributed by atoms with Gasteiger partial charge in [-0.15, -0.1) is 0 Å². The number of aryl methyl sites for hydroxylation is 3. The molecule has 2 heterocycles. The average molecular weight is 465 g/mol. The Kier molecular flexibility index (Phi) is 5.42. The Balaban J connectivity index is 1.95. The Bertz CT molecular complexity index is 1500. The van der Waals surface area contributed by atoms with E-state index in [1.807, 2.05) is 6.92 Å². The summed E-state index contributed by atoms with van der Waals surface area (Å²) >= 11 is 0. The molecule has 0 saturated carbocycles. The second-order valence-corrected chi connectivity index (χ2v) is 9.28. The summed E-state index contributed by atoms with van der Waals surface area (Å²) in [6, 6.07) is 10.2. The van der Waals surface area contributed by atoms with Gasteiger partial charge in [-0.25, -0.2) is 0 Å². The molecule has 2 aromatic carbocycles. The Morgan fingerprint density at radius 2 is 1.67 bits per heavy atom. The summed E-state index contributed by atoms with van der Waals surface area (Å²) in [4.78, 5) is 27.6. The number of hydrogen-bond donors (Lipinski definition) is 1. The molecule has 10 nitrogen and oxygen atoms in total. The first-order valence-corrected chi connectivity index (χ1v) is 11.3. The number of rotatable bonds is 5. The van der Waals surface area contributed by atoms with Crippen molar-refractivity contribution in [2.75, 3.05) is 5.32 Å². The molecule has 4 aromatic rings. The van der Waals surface area contributed by atoms with Crippen LogP contribution < -0.4 is 5.32 Å². The molecule has 0 unspecified atom stereocenters. The summed E-state index contributed by atoms with van der Waals surface area (Å²) in [6.45, 7) is 5.22. The van der Waals surface area contributed by atoms with E-state index in [1.165, 1.54) is 24.5 Å². The van der Waals surface area contributed by atoms with Gasteiger partial charge in [0.25, 0.3) is 21.6 Å². The van der Waals surface area contributed by atoms with Gasteiger partial charge in [0.05, 0.1) is 15.3 Å². The van der Waals surface area contributed by atoms with Gasteiger partial charge in [-0.2, -0.15) is 17.6 Å². The number of non-ortho nitro benzene ring substituents is 1. The molecule has 0 fully saturated rings. The Morgan fingerprint density at radius 1 is 1.03 bits per heavy atom. The molecule has 1 amide bonds. The van der Waals surface area contributed by atoms with Crippen LogP contribution in [-0.2, 0) is 10.0 Å². The number of carbonyl (C=O) groups excluding carboxylic acids is 1. The molecule has 168 valence electrons. The Morgan fingerprint density at radius 3 is 2.27 bits per heavy atom. The van der Waals surface area contributed by atoms with Crippen LogP contribution in [0.5, 0.6) is 0 Å². The van der Waals surface area contributed by atoms with E-state index in [1.54, 1.807) is 38.1 Å². The number of nitro benzene ring substituents is 1. The normalized spacial score (nSPS) is 11.5. The third-order valence-corrected chi connectivity index (χ3v) is 6.98. The highest BCUT2D eigenvalue weighted by Crippen LogP contribution is 2.30. The maximum Gasteiger partial charge on any atom is 0.284 e. The van der Waals surface area contributed by atoms with Gasteiger partial charge in [-0.05, 0) is 50.1 Å². The SMILES string of the molecule is Cc1cc(C)c(S(=O)(=O)n2nc(C(=O)Nc3ccncc3)c3cc([N+](=O)[O-])ccc32)c(C)c1. The molecule has 0 atom stereocenters. The molecular weight excluding hydrogens is 446 g/mol. The van der Waals surface area contributed by atoms with Gasteiger partial charge in [0, 0.05) is 35.6 Å². The van der Waals surface area contributed by atoms with Crippen molar-refractivity contribution in [3.8, 4) is 0 Å². The van der Waals surface area contributed by atoms with Gasteiger partial charge in [-0.1, -0.05) is 17.7 Å². The third kappa shape index (κ3) is 3.94.